The van der Waals surface area contributed by atoms with Crippen LogP contribution in [0.2, 0.25) is 0 Å². The molecule has 0 heterocycles. The molecule has 23 heteroatoms. The summed E-state index contributed by atoms with van der Waals surface area (Å²) < 4.78 is 174. The number of rotatable bonds is 15. The lowest BCUT2D eigenvalue weighted by Gasteiger charge is -2.23. The van der Waals surface area contributed by atoms with Gasteiger partial charge in [0, 0.05) is 41.8 Å². The van der Waals surface area contributed by atoms with Gasteiger partial charge >= 0.3 is 36.8 Å². The summed E-state index contributed by atoms with van der Waals surface area (Å²) in [5.41, 5.74) is -6.67. The van der Waals surface area contributed by atoms with Gasteiger partial charge in [0.25, 0.3) is 0 Å². The second-order valence-corrected chi connectivity index (χ2v) is 14.9. The highest BCUT2D eigenvalue weighted by atomic mass is 19.4. The molecule has 0 bridgehead atoms. The van der Waals surface area contributed by atoms with Crippen molar-refractivity contribution in [1.29, 1.82) is 0 Å². The molecule has 5 aromatic carbocycles. The quantitative estimate of drug-likeness (QED) is 0.0351. The van der Waals surface area contributed by atoms with E-state index in [1.807, 2.05) is 10.6 Å². The predicted molar refractivity (Wildman–Crippen MR) is 229 cm³/mol. The largest absolute Gasteiger partial charge is 0.497 e. The molecule has 4 amide bonds. The first kappa shape index (κ1) is 51.7. The van der Waals surface area contributed by atoms with Gasteiger partial charge in [-0.05, 0) is 60.4 Å². The number of carbonyl (C=O) groups is 2. The zero-order valence-corrected chi connectivity index (χ0v) is 35.6. The van der Waals surface area contributed by atoms with Gasteiger partial charge in [-0.25, -0.2) is 9.59 Å². The second kappa shape index (κ2) is 22.0. The van der Waals surface area contributed by atoms with Crippen LogP contribution in [0.4, 0.5) is 79.3 Å². The van der Waals surface area contributed by atoms with Crippen LogP contribution < -0.4 is 41.4 Å². The maximum absolute atomic E-state index is 13.6. The Morgan fingerprint density at radius 2 is 0.868 bits per heavy atom. The molecule has 0 aliphatic carbocycles. The van der Waals surface area contributed by atoms with Gasteiger partial charge in [-0.1, -0.05) is 60.7 Å². The predicted octanol–water partition coefficient (Wildman–Crippen LogP) is 11.0. The molecule has 0 spiro atoms. The van der Waals surface area contributed by atoms with Gasteiger partial charge in [0.2, 0.25) is 0 Å². The molecule has 0 aliphatic rings. The molecular weight excluding hydrogens is 931 g/mol. The Hall–Kier alpha value is -7.33. The summed E-state index contributed by atoms with van der Waals surface area (Å²) in [6.07, 6.45) is -20.7. The normalized spacial score (nSPS) is 13.2. The Morgan fingerprint density at radius 1 is 0.500 bits per heavy atom. The lowest BCUT2D eigenvalue weighted by Crippen LogP contribution is -2.48. The van der Waals surface area contributed by atoms with E-state index in [1.165, 1.54) is 26.4 Å². The van der Waals surface area contributed by atoms with E-state index in [0.29, 0.717) is 52.6 Å². The summed E-state index contributed by atoms with van der Waals surface area (Å²) in [5.74, 6) is 0.567. The van der Waals surface area contributed by atoms with Gasteiger partial charge in [0.15, 0.2) is 5.96 Å². The number of guanidine groups is 1. The van der Waals surface area contributed by atoms with E-state index in [-0.39, 0.29) is 44.0 Å². The summed E-state index contributed by atoms with van der Waals surface area (Å²) in [6.45, 7) is -0.566. The highest BCUT2D eigenvalue weighted by Gasteiger charge is 2.38. The van der Waals surface area contributed by atoms with Crippen molar-refractivity contribution >= 4 is 35.1 Å². The third-order valence-electron chi connectivity index (χ3n) is 9.61. The zero-order chi connectivity index (χ0) is 49.9. The minimum atomic E-state index is -5.19. The number of anilines is 3. The number of amides is 4. The fourth-order valence-electron chi connectivity index (χ4n) is 6.47. The summed E-state index contributed by atoms with van der Waals surface area (Å²) in [4.78, 5) is 31.2. The van der Waals surface area contributed by atoms with Crippen molar-refractivity contribution in [2.75, 3.05) is 43.3 Å². The van der Waals surface area contributed by atoms with Gasteiger partial charge in [-0.3, -0.25) is 4.99 Å². The highest BCUT2D eigenvalue weighted by molar-refractivity contribution is 5.94. The van der Waals surface area contributed by atoms with Crippen molar-refractivity contribution in [1.82, 2.24) is 16.0 Å². The monoisotopic (exact) mass is 971 g/mol. The Balaban J connectivity index is 1.46. The summed E-state index contributed by atoms with van der Waals surface area (Å²) in [7, 11) is 2.77. The smallest absolute Gasteiger partial charge is 0.416 e. The molecule has 5 rings (SSSR count). The van der Waals surface area contributed by atoms with E-state index in [9.17, 15) is 62.3 Å². The highest BCUT2D eigenvalue weighted by Crippen LogP contribution is 2.39. The fourth-order valence-corrected chi connectivity index (χ4v) is 6.47. The average molecular weight is 972 g/mol. The standard InChI is InChI=1S/C45H41F12N7O4/c1-67-37-21-34(22-38(23-37)68-2)60-39(58-24-35(13-26-9-5-3-6-10-26)63-40(65)61-32-17-28(42(46,47)48)15-29(18-32)43(49,50)51)59-25-36(14-27-11-7-4-8-12-27)64-41(66)62-33-19-30(44(52,53)54)16-31(20-33)45(55,56)57/h3-12,15-23,35-36H,13-14,24-25H2,1-2H3,(H2,58,59,60)(H2,61,63,65)(H2,62,64,66)/t35-,36-/m0/s1. The molecule has 0 aliphatic heterocycles. The SMILES string of the molecule is COc1cc(NC(=NC[C@H](Cc2ccccc2)NC(=O)Nc2cc(C(F)(F)F)cc(C(F)(F)F)c2)NC[C@H](Cc2ccccc2)NC(=O)Nc2cc(C(F)(F)F)cc(C(F)(F)F)c2)cc(OC)c1. The van der Waals surface area contributed by atoms with Crippen LogP contribution in [0, 0.1) is 0 Å². The van der Waals surface area contributed by atoms with Crippen LogP contribution in [0.15, 0.2) is 120 Å². The molecule has 0 saturated carbocycles. The Morgan fingerprint density at radius 3 is 1.25 bits per heavy atom. The fraction of sp³-hybridized carbons (Fsp3) is 0.267. The van der Waals surface area contributed by atoms with Crippen molar-refractivity contribution in [3.05, 3.63) is 149 Å². The van der Waals surface area contributed by atoms with Crippen LogP contribution in [0.25, 0.3) is 0 Å². The van der Waals surface area contributed by atoms with Crippen LogP contribution in [-0.2, 0) is 37.5 Å². The number of alkyl halides is 12. The topological polar surface area (TPSA) is 137 Å². The number of nitrogens with zero attached hydrogens (tertiary/aromatic N) is 1. The first-order valence-electron chi connectivity index (χ1n) is 20.0. The van der Waals surface area contributed by atoms with Crippen LogP contribution in [0.1, 0.15) is 33.4 Å². The molecule has 68 heavy (non-hydrogen) atoms. The Bertz CT molecular complexity index is 2430. The number of hydrogen-bond acceptors (Lipinski definition) is 5. The van der Waals surface area contributed by atoms with Crippen LogP contribution in [0.5, 0.6) is 11.5 Å². The number of ether oxygens (including phenoxy) is 2. The zero-order valence-electron chi connectivity index (χ0n) is 35.6. The maximum Gasteiger partial charge on any atom is 0.416 e. The van der Waals surface area contributed by atoms with Crippen LogP contribution >= 0.6 is 0 Å². The van der Waals surface area contributed by atoms with Gasteiger partial charge in [0.1, 0.15) is 11.5 Å². The first-order valence-corrected chi connectivity index (χ1v) is 20.0. The minimum absolute atomic E-state index is 0.0262. The molecule has 5 aromatic rings. The molecule has 0 radical (unpaired) electrons. The van der Waals surface area contributed by atoms with E-state index < -0.39 is 82.5 Å². The van der Waals surface area contributed by atoms with Crippen molar-refractivity contribution in [3.8, 4) is 11.5 Å². The number of methoxy groups -OCH3 is 2. The number of nitrogens with one attached hydrogen (secondary N) is 6. The van der Waals surface area contributed by atoms with Gasteiger partial charge in [-0.2, -0.15) is 52.7 Å². The van der Waals surface area contributed by atoms with E-state index in [1.54, 1.807) is 66.7 Å². The Kier molecular flexibility index (Phi) is 16.7. The molecule has 6 N–H and O–H groups in total. The molecule has 0 unspecified atom stereocenters. The van der Waals surface area contributed by atoms with Gasteiger partial charge < -0.3 is 41.4 Å². The van der Waals surface area contributed by atoms with E-state index in [4.69, 9.17) is 9.47 Å². The lowest BCUT2D eigenvalue weighted by molar-refractivity contribution is -0.144. The van der Waals surface area contributed by atoms with E-state index in [0.717, 1.165) is 0 Å². The minimum Gasteiger partial charge on any atom is -0.497 e. The first-order chi connectivity index (χ1) is 31.9. The van der Waals surface area contributed by atoms with Gasteiger partial charge in [-0.15, -0.1) is 0 Å². The Labute approximate surface area is 380 Å². The summed E-state index contributed by atoms with van der Waals surface area (Å²) in [5, 5.41) is 15.2. The summed E-state index contributed by atoms with van der Waals surface area (Å²) in [6, 6.07) is 18.4. The molecule has 0 saturated heterocycles. The number of halogens is 12. The molecule has 364 valence electrons. The van der Waals surface area contributed by atoms with Crippen molar-refractivity contribution in [2.45, 2.75) is 49.6 Å². The molecule has 11 nitrogen and oxygen atoms in total. The second-order valence-electron chi connectivity index (χ2n) is 14.9. The van der Waals surface area contributed by atoms with Crippen LogP contribution in [0.3, 0.4) is 0 Å². The van der Waals surface area contributed by atoms with Gasteiger partial charge in [0.05, 0.1) is 55.1 Å². The molecule has 0 aromatic heterocycles. The number of carbonyl (C=O) groups excluding carboxylic acids is 2. The van der Waals surface area contributed by atoms with Crippen LogP contribution in [-0.4, -0.2) is 57.4 Å². The van der Waals surface area contributed by atoms with E-state index >= 15 is 0 Å². The number of benzene rings is 5. The lowest BCUT2D eigenvalue weighted by atomic mass is 10.1. The van der Waals surface area contributed by atoms with Crippen molar-refractivity contribution in [3.63, 3.8) is 0 Å². The third kappa shape index (κ3) is 15.9. The van der Waals surface area contributed by atoms with E-state index in [2.05, 4.69) is 26.3 Å². The maximum atomic E-state index is 13.6. The third-order valence-corrected chi connectivity index (χ3v) is 9.61. The molecule has 0 fully saturated rings. The van der Waals surface area contributed by atoms with Crippen molar-refractivity contribution in [2.24, 2.45) is 4.99 Å². The van der Waals surface area contributed by atoms with Crippen molar-refractivity contribution < 1.29 is 71.7 Å². The number of hydrogen-bond donors (Lipinski definition) is 6. The summed E-state index contributed by atoms with van der Waals surface area (Å²) >= 11 is 0. The molecule has 2 atom stereocenters. The number of urea groups is 2. The average Bonchev–Trinajstić information content (AvgIpc) is 3.26. The molecular formula is C45H41F12N7O4. The number of aliphatic imine (C=N–C) groups is 1.